The Balaban J connectivity index is 1.85. The van der Waals surface area contributed by atoms with Gasteiger partial charge in [-0.1, -0.05) is 88.4 Å². The summed E-state index contributed by atoms with van der Waals surface area (Å²) in [6.07, 6.45) is 1.22. The largest absolute Gasteiger partial charge is 0.338 e. The van der Waals surface area contributed by atoms with Gasteiger partial charge in [0.2, 0.25) is 0 Å². The van der Waals surface area contributed by atoms with Crippen molar-refractivity contribution in [3.05, 3.63) is 71.8 Å². The minimum atomic E-state index is -0.680. The summed E-state index contributed by atoms with van der Waals surface area (Å²) in [5.41, 5.74) is 1.98. The van der Waals surface area contributed by atoms with Gasteiger partial charge < -0.3 is 9.47 Å². The average Bonchev–Trinajstić information content (AvgIpc) is 3.08. The second-order valence-corrected chi connectivity index (χ2v) is 9.56. The van der Waals surface area contributed by atoms with E-state index in [1.807, 2.05) is 11.8 Å². The van der Waals surface area contributed by atoms with Crippen LogP contribution in [-0.2, 0) is 20.9 Å². The lowest BCUT2D eigenvalue weighted by Gasteiger charge is -2.50. The fourth-order valence-electron chi connectivity index (χ4n) is 5.15. The van der Waals surface area contributed by atoms with Gasteiger partial charge in [0.25, 0.3) is 0 Å². The highest BCUT2D eigenvalue weighted by Crippen LogP contribution is 2.63. The van der Waals surface area contributed by atoms with Crippen LogP contribution in [0.2, 0.25) is 0 Å². The maximum Gasteiger partial charge on any atom is 0.199 e. The Morgan fingerprint density at radius 3 is 2.07 bits per heavy atom. The van der Waals surface area contributed by atoms with E-state index in [-0.39, 0.29) is 12.0 Å². The Kier molecular flexibility index (Phi) is 5.61. The third-order valence-corrected chi connectivity index (χ3v) is 8.22. The van der Waals surface area contributed by atoms with Gasteiger partial charge in [-0.3, -0.25) is 0 Å². The molecule has 0 N–H and O–H groups in total. The molecular formula is C25H32O2S. The molecular weight excluding hydrogens is 364 g/mol. The van der Waals surface area contributed by atoms with Crippen molar-refractivity contribution in [1.29, 1.82) is 0 Å². The zero-order chi connectivity index (χ0) is 19.8. The SMILES string of the molecule is CCCSC[C@H]1OC2(c3ccccc3)OC1(c1ccccc1)[C@H](C)[C@@H](C)[C@@H]2C. The molecule has 2 unspecified atom stereocenters. The number of fused-ring (bicyclic) bond motifs is 2. The van der Waals surface area contributed by atoms with Gasteiger partial charge in [0, 0.05) is 17.2 Å². The molecule has 2 nitrogen and oxygen atoms in total. The molecule has 150 valence electrons. The fraction of sp³-hybridized carbons (Fsp3) is 0.520. The highest BCUT2D eigenvalue weighted by molar-refractivity contribution is 7.99. The molecule has 28 heavy (non-hydrogen) atoms. The van der Waals surface area contributed by atoms with Gasteiger partial charge in [-0.25, -0.2) is 0 Å². The van der Waals surface area contributed by atoms with Gasteiger partial charge in [-0.05, 0) is 29.6 Å². The van der Waals surface area contributed by atoms with E-state index in [2.05, 4.69) is 88.4 Å². The molecule has 3 heteroatoms. The second kappa shape index (κ2) is 7.85. The Bertz CT molecular complexity index is 780. The van der Waals surface area contributed by atoms with E-state index in [1.165, 1.54) is 12.0 Å². The van der Waals surface area contributed by atoms with Crippen molar-refractivity contribution in [3.8, 4) is 0 Å². The van der Waals surface area contributed by atoms with Crippen LogP contribution in [0.25, 0.3) is 0 Å². The number of thioether (sulfide) groups is 1. The molecule has 0 aliphatic carbocycles. The summed E-state index contributed by atoms with van der Waals surface area (Å²) >= 11 is 1.99. The quantitative estimate of drug-likeness (QED) is 0.540. The first-order valence-corrected chi connectivity index (χ1v) is 11.8. The number of hydrogen-bond acceptors (Lipinski definition) is 3. The first-order chi connectivity index (χ1) is 13.6. The van der Waals surface area contributed by atoms with Crippen LogP contribution in [0.5, 0.6) is 0 Å². The molecule has 2 aliphatic rings. The summed E-state index contributed by atoms with van der Waals surface area (Å²) in [6.45, 7) is 9.26. The normalized spacial score (nSPS) is 37.1. The molecule has 0 saturated carbocycles. The summed E-state index contributed by atoms with van der Waals surface area (Å²) < 4.78 is 14.1. The van der Waals surface area contributed by atoms with E-state index in [1.54, 1.807) is 0 Å². The van der Waals surface area contributed by atoms with Crippen molar-refractivity contribution in [2.45, 2.75) is 51.6 Å². The Morgan fingerprint density at radius 2 is 1.46 bits per heavy atom. The van der Waals surface area contributed by atoms with E-state index in [9.17, 15) is 0 Å². The summed E-state index contributed by atoms with van der Waals surface area (Å²) in [5, 5.41) is 0. The first kappa shape index (κ1) is 20.0. The second-order valence-electron chi connectivity index (χ2n) is 8.41. The molecule has 0 spiro atoms. The molecule has 0 aromatic heterocycles. The topological polar surface area (TPSA) is 18.5 Å². The maximum absolute atomic E-state index is 7.15. The predicted octanol–water partition coefficient (Wildman–Crippen LogP) is 6.22. The van der Waals surface area contributed by atoms with E-state index < -0.39 is 11.4 Å². The third-order valence-electron chi connectivity index (χ3n) is 6.99. The molecule has 2 aliphatic heterocycles. The predicted molar refractivity (Wildman–Crippen MR) is 117 cm³/mol. The van der Waals surface area contributed by atoms with E-state index in [0.29, 0.717) is 11.8 Å². The molecule has 4 rings (SSSR count). The van der Waals surface area contributed by atoms with Gasteiger partial charge in [0.05, 0.1) is 0 Å². The number of ether oxygens (including phenoxy) is 2. The Morgan fingerprint density at radius 1 is 0.857 bits per heavy atom. The number of rotatable bonds is 6. The highest BCUT2D eigenvalue weighted by atomic mass is 32.2. The van der Waals surface area contributed by atoms with Crippen LogP contribution >= 0.6 is 11.8 Å². The van der Waals surface area contributed by atoms with Gasteiger partial charge in [0.1, 0.15) is 11.7 Å². The lowest BCUT2D eigenvalue weighted by Crippen LogP contribution is -2.53. The minimum Gasteiger partial charge on any atom is -0.338 e. The number of benzene rings is 2. The van der Waals surface area contributed by atoms with Crippen LogP contribution in [-0.4, -0.2) is 17.6 Å². The van der Waals surface area contributed by atoms with Crippen LogP contribution in [0.3, 0.4) is 0 Å². The monoisotopic (exact) mass is 396 g/mol. The van der Waals surface area contributed by atoms with Crippen LogP contribution in [0.4, 0.5) is 0 Å². The summed E-state index contributed by atoms with van der Waals surface area (Å²) in [5.74, 6) is 2.57. The van der Waals surface area contributed by atoms with Gasteiger partial charge in [-0.15, -0.1) is 0 Å². The average molecular weight is 397 g/mol. The molecule has 6 atom stereocenters. The van der Waals surface area contributed by atoms with E-state index >= 15 is 0 Å². The molecule has 2 saturated heterocycles. The van der Waals surface area contributed by atoms with E-state index in [4.69, 9.17) is 9.47 Å². The zero-order valence-corrected chi connectivity index (χ0v) is 18.2. The number of hydrogen-bond donors (Lipinski definition) is 0. The van der Waals surface area contributed by atoms with Crippen LogP contribution in [0.1, 0.15) is 45.2 Å². The molecule has 2 bridgehead atoms. The lowest BCUT2D eigenvalue weighted by molar-refractivity contribution is -0.283. The third kappa shape index (κ3) is 2.94. The fourth-order valence-corrected chi connectivity index (χ4v) is 6.14. The van der Waals surface area contributed by atoms with Gasteiger partial charge in [0.15, 0.2) is 5.79 Å². The molecule has 2 aromatic rings. The molecule has 0 radical (unpaired) electrons. The van der Waals surface area contributed by atoms with Crippen LogP contribution in [0.15, 0.2) is 60.7 Å². The van der Waals surface area contributed by atoms with E-state index in [0.717, 1.165) is 17.1 Å². The van der Waals surface area contributed by atoms with Gasteiger partial charge in [-0.2, -0.15) is 11.8 Å². The summed E-state index contributed by atoms with van der Waals surface area (Å²) in [7, 11) is 0. The lowest BCUT2D eigenvalue weighted by atomic mass is 9.66. The first-order valence-electron chi connectivity index (χ1n) is 10.6. The maximum atomic E-state index is 7.15. The minimum absolute atomic E-state index is 0.0362. The summed E-state index contributed by atoms with van der Waals surface area (Å²) in [4.78, 5) is 0. The van der Waals surface area contributed by atoms with Crippen molar-refractivity contribution in [1.82, 2.24) is 0 Å². The molecule has 2 aromatic carbocycles. The highest BCUT2D eigenvalue weighted by Gasteiger charge is 2.68. The molecule has 2 heterocycles. The Labute approximate surface area is 174 Å². The van der Waals surface area contributed by atoms with Crippen LogP contribution < -0.4 is 0 Å². The standard InChI is InChI=1S/C25H32O2S/c1-5-16-28-17-23-24(21-12-8-6-9-13-21)19(3)18(2)20(4)25(26-23,27-24)22-14-10-7-11-15-22/h6-15,18-20,23H,5,16-17H2,1-4H3/t18-,19-,20+,23-,24?,25?/m1/s1. The van der Waals surface area contributed by atoms with Crippen molar-refractivity contribution < 1.29 is 9.47 Å². The molecule has 0 amide bonds. The van der Waals surface area contributed by atoms with Crippen molar-refractivity contribution in [2.75, 3.05) is 11.5 Å². The Hall–Kier alpha value is -1.29. The smallest absolute Gasteiger partial charge is 0.199 e. The summed E-state index contributed by atoms with van der Waals surface area (Å²) in [6, 6.07) is 21.4. The van der Waals surface area contributed by atoms with Crippen LogP contribution in [0, 0.1) is 17.8 Å². The van der Waals surface area contributed by atoms with Crippen molar-refractivity contribution in [2.24, 2.45) is 17.8 Å². The van der Waals surface area contributed by atoms with Crippen molar-refractivity contribution >= 4 is 11.8 Å². The zero-order valence-electron chi connectivity index (χ0n) is 17.4. The van der Waals surface area contributed by atoms with Gasteiger partial charge >= 0.3 is 0 Å². The van der Waals surface area contributed by atoms with Crippen molar-refractivity contribution in [3.63, 3.8) is 0 Å². The molecule has 2 fully saturated rings.